The van der Waals surface area contributed by atoms with Crippen LogP contribution in [0.1, 0.15) is 32.1 Å². The van der Waals surface area contributed by atoms with Crippen LogP contribution in [0.5, 0.6) is 0 Å². The van der Waals surface area contributed by atoms with Crippen molar-refractivity contribution < 1.29 is 4.79 Å². The molecule has 0 bridgehead atoms. The van der Waals surface area contributed by atoms with Crippen molar-refractivity contribution in [1.82, 2.24) is 9.80 Å². The second-order valence-electron chi connectivity index (χ2n) is 4.56. The molecule has 0 aromatic rings. The summed E-state index contributed by atoms with van der Waals surface area (Å²) in [5, 5.41) is 7.92. The number of likely N-dealkylation sites (N-methyl/N-ethyl adjacent to an activating group) is 1. The molecule has 0 aromatic carbocycles. The number of rotatable bonds is 1. The number of hydrogen-bond donors (Lipinski definition) is 1. The van der Waals surface area contributed by atoms with E-state index in [9.17, 15) is 4.79 Å². The van der Waals surface area contributed by atoms with Crippen LogP contribution >= 0.6 is 0 Å². The van der Waals surface area contributed by atoms with Crippen molar-refractivity contribution in [3.8, 4) is 0 Å². The Hall–Kier alpha value is -1.06. The Balaban J connectivity index is 1.98. The molecule has 2 aliphatic heterocycles. The predicted octanol–water partition coefficient (Wildman–Crippen LogP) is 1.07. The van der Waals surface area contributed by atoms with Gasteiger partial charge in [-0.05, 0) is 19.3 Å². The molecule has 1 N–H and O–H groups in total. The largest absolute Gasteiger partial charge is 0.356 e. The maximum Gasteiger partial charge on any atom is 0.222 e. The monoisotopic (exact) mass is 209 g/mol. The van der Waals surface area contributed by atoms with Gasteiger partial charge in [0, 0.05) is 39.0 Å². The van der Waals surface area contributed by atoms with Gasteiger partial charge in [0.1, 0.15) is 0 Å². The lowest BCUT2D eigenvalue weighted by atomic mass is 10.00. The standard InChI is InChI=1S/C11H19N3O/c1-13-8-9(5-6-11(13)15)14-7-3-2-4-10(14)12/h9,12H,2-8H2,1H3. The van der Waals surface area contributed by atoms with Crippen molar-refractivity contribution in [1.29, 1.82) is 5.41 Å². The molecule has 2 saturated heterocycles. The third-order valence-electron chi connectivity index (χ3n) is 3.45. The number of piperidine rings is 2. The van der Waals surface area contributed by atoms with Crippen LogP contribution in [0.2, 0.25) is 0 Å². The van der Waals surface area contributed by atoms with Crippen molar-refractivity contribution in [3.63, 3.8) is 0 Å². The van der Waals surface area contributed by atoms with Crippen molar-refractivity contribution in [3.05, 3.63) is 0 Å². The Labute approximate surface area is 90.7 Å². The van der Waals surface area contributed by atoms with Gasteiger partial charge in [-0.2, -0.15) is 0 Å². The summed E-state index contributed by atoms with van der Waals surface area (Å²) in [6.45, 7) is 1.80. The van der Waals surface area contributed by atoms with Crippen LogP contribution in [-0.4, -0.2) is 47.7 Å². The first-order valence-electron chi connectivity index (χ1n) is 5.76. The summed E-state index contributed by atoms with van der Waals surface area (Å²) in [6.07, 6.45) is 4.82. The topological polar surface area (TPSA) is 47.4 Å². The van der Waals surface area contributed by atoms with Crippen molar-refractivity contribution in [2.45, 2.75) is 38.1 Å². The lowest BCUT2D eigenvalue weighted by Gasteiger charge is -2.41. The van der Waals surface area contributed by atoms with Gasteiger partial charge in [-0.15, -0.1) is 0 Å². The van der Waals surface area contributed by atoms with E-state index >= 15 is 0 Å². The van der Waals surface area contributed by atoms with Gasteiger partial charge in [0.15, 0.2) is 0 Å². The fourth-order valence-corrected chi connectivity index (χ4v) is 2.50. The molecule has 0 radical (unpaired) electrons. The molecule has 1 amide bonds. The van der Waals surface area contributed by atoms with E-state index in [2.05, 4.69) is 4.90 Å². The SMILES string of the molecule is CN1CC(N2CCCCC2=N)CCC1=O. The molecule has 0 saturated carbocycles. The second-order valence-corrected chi connectivity index (χ2v) is 4.56. The molecule has 2 fully saturated rings. The minimum atomic E-state index is 0.245. The summed E-state index contributed by atoms with van der Waals surface area (Å²) in [7, 11) is 1.86. The molecular weight excluding hydrogens is 190 g/mol. The van der Waals surface area contributed by atoms with Crippen molar-refractivity contribution in [2.24, 2.45) is 0 Å². The molecule has 84 valence electrons. The number of amides is 1. The maximum absolute atomic E-state index is 11.4. The van der Waals surface area contributed by atoms with Gasteiger partial charge in [0.25, 0.3) is 0 Å². The molecule has 0 spiro atoms. The van der Waals surface area contributed by atoms with E-state index in [1.54, 1.807) is 4.90 Å². The van der Waals surface area contributed by atoms with Crippen molar-refractivity contribution in [2.75, 3.05) is 20.1 Å². The minimum absolute atomic E-state index is 0.245. The molecule has 2 heterocycles. The number of nitrogens with zero attached hydrogens (tertiary/aromatic N) is 2. The fourth-order valence-electron chi connectivity index (χ4n) is 2.50. The zero-order chi connectivity index (χ0) is 10.8. The second kappa shape index (κ2) is 4.21. The van der Waals surface area contributed by atoms with E-state index in [0.29, 0.717) is 12.5 Å². The lowest BCUT2D eigenvalue weighted by Crippen LogP contribution is -2.52. The average molecular weight is 209 g/mol. The molecule has 2 rings (SSSR count). The normalized spacial score (nSPS) is 28.5. The number of nitrogens with one attached hydrogen (secondary N) is 1. The molecule has 1 unspecified atom stereocenters. The van der Waals surface area contributed by atoms with Crippen LogP contribution in [0.25, 0.3) is 0 Å². The summed E-state index contributed by atoms with van der Waals surface area (Å²) in [5.74, 6) is 1.02. The summed E-state index contributed by atoms with van der Waals surface area (Å²) < 4.78 is 0. The summed E-state index contributed by atoms with van der Waals surface area (Å²) in [4.78, 5) is 15.4. The summed E-state index contributed by atoms with van der Waals surface area (Å²) >= 11 is 0. The maximum atomic E-state index is 11.4. The van der Waals surface area contributed by atoms with Crippen LogP contribution in [0.4, 0.5) is 0 Å². The van der Waals surface area contributed by atoms with E-state index in [-0.39, 0.29) is 5.91 Å². The summed E-state index contributed by atoms with van der Waals surface area (Å²) in [6, 6.07) is 0.389. The first-order chi connectivity index (χ1) is 7.18. The predicted molar refractivity (Wildman–Crippen MR) is 58.9 cm³/mol. The Morgan fingerprint density at radius 3 is 2.80 bits per heavy atom. The molecular formula is C11H19N3O. The average Bonchev–Trinajstić information content (AvgIpc) is 2.23. The van der Waals surface area contributed by atoms with Gasteiger partial charge in [0.05, 0.1) is 5.84 Å². The van der Waals surface area contributed by atoms with E-state index < -0.39 is 0 Å². The van der Waals surface area contributed by atoms with Crippen LogP contribution in [0.15, 0.2) is 0 Å². The zero-order valence-electron chi connectivity index (χ0n) is 9.33. The number of carbonyl (C=O) groups excluding carboxylic acids is 1. The fraction of sp³-hybridized carbons (Fsp3) is 0.818. The van der Waals surface area contributed by atoms with Gasteiger partial charge in [0.2, 0.25) is 5.91 Å². The quantitative estimate of drug-likeness (QED) is 0.702. The van der Waals surface area contributed by atoms with E-state index in [1.165, 1.54) is 6.42 Å². The number of likely N-dealkylation sites (tertiary alicyclic amines) is 2. The summed E-state index contributed by atoms with van der Waals surface area (Å²) in [5.41, 5.74) is 0. The highest BCUT2D eigenvalue weighted by Gasteiger charge is 2.29. The third kappa shape index (κ3) is 2.13. The van der Waals surface area contributed by atoms with E-state index in [1.807, 2.05) is 7.05 Å². The smallest absolute Gasteiger partial charge is 0.222 e. The van der Waals surface area contributed by atoms with Gasteiger partial charge < -0.3 is 9.80 Å². The minimum Gasteiger partial charge on any atom is -0.356 e. The van der Waals surface area contributed by atoms with Gasteiger partial charge in [-0.3, -0.25) is 10.2 Å². The highest BCUT2D eigenvalue weighted by atomic mass is 16.2. The number of hydrogen-bond acceptors (Lipinski definition) is 2. The van der Waals surface area contributed by atoms with Crippen molar-refractivity contribution >= 4 is 11.7 Å². The lowest BCUT2D eigenvalue weighted by molar-refractivity contribution is -0.133. The Morgan fingerprint density at radius 1 is 1.33 bits per heavy atom. The first kappa shape index (κ1) is 10.5. The van der Waals surface area contributed by atoms with Crippen LogP contribution < -0.4 is 0 Å². The number of amidine groups is 1. The van der Waals surface area contributed by atoms with E-state index in [4.69, 9.17) is 5.41 Å². The number of carbonyl (C=O) groups is 1. The molecule has 2 aliphatic rings. The van der Waals surface area contributed by atoms with Gasteiger partial charge >= 0.3 is 0 Å². The highest BCUT2D eigenvalue weighted by molar-refractivity contribution is 5.81. The van der Waals surface area contributed by atoms with Gasteiger partial charge in [-0.1, -0.05) is 0 Å². The van der Waals surface area contributed by atoms with Crippen LogP contribution in [0.3, 0.4) is 0 Å². The molecule has 1 atom stereocenters. The van der Waals surface area contributed by atoms with Crippen LogP contribution in [0, 0.1) is 5.41 Å². The Kier molecular flexibility index (Phi) is 2.93. The highest BCUT2D eigenvalue weighted by Crippen LogP contribution is 2.21. The van der Waals surface area contributed by atoms with E-state index in [0.717, 1.165) is 38.2 Å². The zero-order valence-corrected chi connectivity index (χ0v) is 9.33. The first-order valence-corrected chi connectivity index (χ1v) is 5.76. The molecule has 4 nitrogen and oxygen atoms in total. The molecule has 4 heteroatoms. The third-order valence-corrected chi connectivity index (χ3v) is 3.45. The van der Waals surface area contributed by atoms with Crippen LogP contribution in [-0.2, 0) is 4.79 Å². The molecule has 0 aromatic heterocycles. The molecule has 15 heavy (non-hydrogen) atoms. The Bertz CT molecular complexity index is 277. The van der Waals surface area contributed by atoms with Gasteiger partial charge in [-0.25, -0.2) is 0 Å². The Morgan fingerprint density at radius 2 is 2.13 bits per heavy atom. The molecule has 0 aliphatic carbocycles.